The molecule has 0 spiro atoms. The van der Waals surface area contributed by atoms with Crippen LogP contribution in [0.2, 0.25) is 0 Å². The van der Waals surface area contributed by atoms with E-state index >= 15 is 0 Å². The Bertz CT molecular complexity index is 771. The molecule has 0 radical (unpaired) electrons. The molecule has 1 saturated heterocycles. The minimum Gasteiger partial charge on any atom is -0.374 e. The summed E-state index contributed by atoms with van der Waals surface area (Å²) in [6.07, 6.45) is 9.24. The Labute approximate surface area is 181 Å². The number of hydrogen-bond donors (Lipinski definition) is 2. The molecule has 164 valence electrons. The molecule has 0 bridgehead atoms. The van der Waals surface area contributed by atoms with E-state index in [0.717, 1.165) is 57.8 Å². The maximum absolute atomic E-state index is 12.8. The van der Waals surface area contributed by atoms with Crippen LogP contribution in [0.25, 0.3) is 0 Å². The van der Waals surface area contributed by atoms with Crippen LogP contribution in [0.1, 0.15) is 56.1 Å². The number of amides is 1. The number of anilines is 1. The van der Waals surface area contributed by atoms with Crippen LogP contribution in [0.4, 0.5) is 5.69 Å². The van der Waals surface area contributed by atoms with Gasteiger partial charge in [0.2, 0.25) is 5.91 Å². The number of aliphatic imine (C=N–C) groups is 1. The van der Waals surface area contributed by atoms with Gasteiger partial charge in [-0.1, -0.05) is 31.4 Å². The van der Waals surface area contributed by atoms with E-state index in [2.05, 4.69) is 50.7 Å². The van der Waals surface area contributed by atoms with E-state index in [-0.39, 0.29) is 12.0 Å². The average Bonchev–Trinajstić information content (AvgIpc) is 3.25. The second-order valence-electron chi connectivity index (χ2n) is 9.16. The highest BCUT2D eigenvalue weighted by molar-refractivity contribution is 5.81. The van der Waals surface area contributed by atoms with Gasteiger partial charge in [0.05, 0.1) is 0 Å². The zero-order chi connectivity index (χ0) is 20.9. The molecular formula is C24H37N5O. The van der Waals surface area contributed by atoms with Gasteiger partial charge in [0, 0.05) is 57.9 Å². The van der Waals surface area contributed by atoms with Gasteiger partial charge in [-0.25, -0.2) is 0 Å². The van der Waals surface area contributed by atoms with Crippen LogP contribution in [0.3, 0.4) is 0 Å². The molecule has 1 aromatic rings. The van der Waals surface area contributed by atoms with Crippen molar-refractivity contribution in [2.75, 3.05) is 38.6 Å². The van der Waals surface area contributed by atoms with Gasteiger partial charge in [0.1, 0.15) is 0 Å². The fourth-order valence-electron chi connectivity index (χ4n) is 5.21. The summed E-state index contributed by atoms with van der Waals surface area (Å²) in [5.74, 6) is 1.46. The Morgan fingerprint density at radius 1 is 1.13 bits per heavy atom. The van der Waals surface area contributed by atoms with Gasteiger partial charge in [0.25, 0.3) is 0 Å². The Balaban J connectivity index is 1.27. The molecule has 0 aromatic heterocycles. The molecule has 2 fully saturated rings. The van der Waals surface area contributed by atoms with E-state index < -0.39 is 0 Å². The molecule has 1 saturated carbocycles. The number of nitrogens with zero attached hydrogens (tertiary/aromatic N) is 3. The summed E-state index contributed by atoms with van der Waals surface area (Å²) in [6, 6.07) is 7.06. The highest BCUT2D eigenvalue weighted by Crippen LogP contribution is 2.27. The molecule has 1 amide bonds. The van der Waals surface area contributed by atoms with Crippen molar-refractivity contribution in [1.82, 2.24) is 15.5 Å². The Morgan fingerprint density at radius 3 is 2.77 bits per heavy atom. The summed E-state index contributed by atoms with van der Waals surface area (Å²) >= 11 is 0. The summed E-state index contributed by atoms with van der Waals surface area (Å²) in [5, 5.41) is 6.99. The number of nitrogens with one attached hydrogen (secondary N) is 2. The lowest BCUT2D eigenvalue weighted by Gasteiger charge is -2.28. The number of rotatable bonds is 4. The summed E-state index contributed by atoms with van der Waals surface area (Å²) in [6.45, 7) is 3.56. The zero-order valence-electron chi connectivity index (χ0n) is 18.6. The van der Waals surface area contributed by atoms with Crippen LogP contribution >= 0.6 is 0 Å². The van der Waals surface area contributed by atoms with Crippen LogP contribution in [-0.2, 0) is 17.8 Å². The standard InChI is InChI=1S/C24H37N5O/c1-25-24(26-16-18-10-11-22-20(15-18)9-6-13-28(22)2)27-21-12-14-29(17-21)23(30)19-7-4-3-5-8-19/h10-11,15,19,21H,3-9,12-14,16-17H2,1-2H3,(H2,25,26,27). The van der Waals surface area contributed by atoms with Crippen molar-refractivity contribution in [3.63, 3.8) is 0 Å². The number of benzene rings is 1. The van der Waals surface area contributed by atoms with Crippen molar-refractivity contribution in [2.24, 2.45) is 10.9 Å². The number of likely N-dealkylation sites (tertiary alicyclic amines) is 1. The topological polar surface area (TPSA) is 60.0 Å². The van der Waals surface area contributed by atoms with E-state index in [4.69, 9.17) is 0 Å². The second-order valence-corrected chi connectivity index (χ2v) is 9.16. The van der Waals surface area contributed by atoms with Gasteiger partial charge >= 0.3 is 0 Å². The third-order valence-corrected chi connectivity index (χ3v) is 6.97. The highest BCUT2D eigenvalue weighted by atomic mass is 16.2. The molecule has 2 aliphatic heterocycles. The highest BCUT2D eigenvalue weighted by Gasteiger charge is 2.31. The molecule has 1 atom stereocenters. The number of guanidine groups is 1. The van der Waals surface area contributed by atoms with Gasteiger partial charge in [-0.15, -0.1) is 0 Å². The molecule has 2 heterocycles. The van der Waals surface area contributed by atoms with Crippen LogP contribution in [0, 0.1) is 5.92 Å². The van der Waals surface area contributed by atoms with Crippen LogP contribution in [0.5, 0.6) is 0 Å². The lowest BCUT2D eigenvalue weighted by atomic mass is 9.88. The van der Waals surface area contributed by atoms with E-state index in [1.165, 1.54) is 42.5 Å². The number of aryl methyl sites for hydroxylation is 1. The van der Waals surface area contributed by atoms with Crippen molar-refractivity contribution in [1.29, 1.82) is 0 Å². The maximum atomic E-state index is 12.8. The molecule has 30 heavy (non-hydrogen) atoms. The first kappa shape index (κ1) is 21.0. The van der Waals surface area contributed by atoms with Crippen molar-refractivity contribution in [3.8, 4) is 0 Å². The second kappa shape index (κ2) is 9.71. The van der Waals surface area contributed by atoms with Gasteiger partial charge in [0.15, 0.2) is 5.96 Å². The first-order valence-corrected chi connectivity index (χ1v) is 11.7. The average molecular weight is 412 g/mol. The van der Waals surface area contributed by atoms with E-state index in [1.54, 1.807) is 0 Å². The Morgan fingerprint density at radius 2 is 1.97 bits per heavy atom. The molecule has 1 aromatic carbocycles. The predicted octanol–water partition coefficient (Wildman–Crippen LogP) is 2.92. The first-order chi connectivity index (χ1) is 14.6. The van der Waals surface area contributed by atoms with Crippen LogP contribution in [0.15, 0.2) is 23.2 Å². The molecule has 1 aliphatic carbocycles. The van der Waals surface area contributed by atoms with Crippen LogP contribution < -0.4 is 15.5 Å². The summed E-state index contributed by atoms with van der Waals surface area (Å²) in [7, 11) is 3.99. The largest absolute Gasteiger partial charge is 0.374 e. The summed E-state index contributed by atoms with van der Waals surface area (Å²) < 4.78 is 0. The van der Waals surface area contributed by atoms with Crippen LogP contribution in [-0.4, -0.2) is 56.5 Å². The number of carbonyl (C=O) groups excluding carboxylic acids is 1. The van der Waals surface area contributed by atoms with Crippen molar-refractivity contribution >= 4 is 17.6 Å². The molecule has 3 aliphatic rings. The summed E-state index contributed by atoms with van der Waals surface area (Å²) in [4.78, 5) is 21.6. The van der Waals surface area contributed by atoms with Gasteiger partial charge in [-0.3, -0.25) is 9.79 Å². The minimum absolute atomic E-state index is 0.262. The smallest absolute Gasteiger partial charge is 0.225 e. The summed E-state index contributed by atoms with van der Waals surface area (Å²) in [5.41, 5.74) is 4.09. The molecular weight excluding hydrogens is 374 g/mol. The zero-order valence-corrected chi connectivity index (χ0v) is 18.6. The molecule has 6 heteroatoms. The first-order valence-electron chi connectivity index (χ1n) is 11.7. The van der Waals surface area contributed by atoms with Crippen molar-refractivity contribution in [3.05, 3.63) is 29.3 Å². The predicted molar refractivity (Wildman–Crippen MR) is 123 cm³/mol. The van der Waals surface area contributed by atoms with Gasteiger partial charge in [-0.05, 0) is 49.3 Å². The number of hydrogen-bond acceptors (Lipinski definition) is 3. The van der Waals surface area contributed by atoms with E-state index in [0.29, 0.717) is 5.91 Å². The SMILES string of the molecule is CN=C(NCc1ccc2c(c1)CCCN2C)NC1CCN(C(=O)C2CCCCC2)C1. The van der Waals surface area contributed by atoms with E-state index in [9.17, 15) is 4.79 Å². The number of carbonyl (C=O) groups is 1. The fraction of sp³-hybridized carbons (Fsp3) is 0.667. The third kappa shape index (κ3) is 4.90. The Hall–Kier alpha value is -2.24. The van der Waals surface area contributed by atoms with Gasteiger partial charge < -0.3 is 20.4 Å². The minimum atomic E-state index is 0.262. The van der Waals surface area contributed by atoms with E-state index in [1.807, 2.05) is 7.05 Å². The Kier molecular flexibility index (Phi) is 6.80. The lowest BCUT2D eigenvalue weighted by Crippen LogP contribution is -2.45. The van der Waals surface area contributed by atoms with Gasteiger partial charge in [-0.2, -0.15) is 0 Å². The molecule has 1 unspecified atom stereocenters. The molecule has 4 rings (SSSR count). The normalized spacial score (nSPS) is 22.7. The quantitative estimate of drug-likeness (QED) is 0.591. The monoisotopic (exact) mass is 411 g/mol. The maximum Gasteiger partial charge on any atom is 0.225 e. The number of fused-ring (bicyclic) bond motifs is 1. The lowest BCUT2D eigenvalue weighted by molar-refractivity contribution is -0.135. The van der Waals surface area contributed by atoms with Crippen molar-refractivity contribution < 1.29 is 4.79 Å². The fourth-order valence-corrected chi connectivity index (χ4v) is 5.21. The molecule has 6 nitrogen and oxygen atoms in total. The molecule has 2 N–H and O–H groups in total. The van der Waals surface area contributed by atoms with Crippen molar-refractivity contribution in [2.45, 2.75) is 64.0 Å². The third-order valence-electron chi connectivity index (χ3n) is 6.97.